The molecule has 2 aromatic carbocycles. The van der Waals surface area contributed by atoms with Gasteiger partial charge in [-0.25, -0.2) is 0 Å². The van der Waals surface area contributed by atoms with Crippen LogP contribution in [-0.2, 0) is 13.1 Å². The zero-order valence-electron chi connectivity index (χ0n) is 16.5. The van der Waals surface area contributed by atoms with Gasteiger partial charge >= 0.3 is 0 Å². The zero-order chi connectivity index (χ0) is 20.8. The Bertz CT molecular complexity index is 1220. The number of rotatable bonds is 3. The van der Waals surface area contributed by atoms with Crippen LogP contribution in [0.4, 0.5) is 0 Å². The molecule has 7 heteroatoms. The molecule has 0 saturated heterocycles. The maximum absolute atomic E-state index is 13.0. The summed E-state index contributed by atoms with van der Waals surface area (Å²) in [7, 11) is 0. The smallest absolute Gasteiger partial charge is 0.231 e. The van der Waals surface area contributed by atoms with Gasteiger partial charge in [0.2, 0.25) is 12.6 Å². The molecule has 0 bridgehead atoms. The molecule has 0 N–H and O–H groups in total. The minimum absolute atomic E-state index is 0.141. The lowest BCUT2D eigenvalue weighted by atomic mass is 10.0. The Morgan fingerprint density at radius 3 is 2.81 bits per heavy atom. The summed E-state index contributed by atoms with van der Waals surface area (Å²) in [5.41, 5.74) is 3.20. The molecule has 6 rings (SSSR count). The molecule has 1 aromatic heterocycles. The highest BCUT2D eigenvalue weighted by molar-refractivity contribution is 6.15. The van der Waals surface area contributed by atoms with Gasteiger partial charge in [-0.15, -0.1) is 0 Å². The highest BCUT2D eigenvalue weighted by atomic mass is 16.7. The van der Waals surface area contributed by atoms with Gasteiger partial charge in [-0.05, 0) is 48.0 Å². The number of benzene rings is 2. The van der Waals surface area contributed by atoms with Crippen LogP contribution < -0.4 is 18.9 Å². The average molecular weight is 414 g/mol. The third-order valence-corrected chi connectivity index (χ3v) is 5.49. The lowest BCUT2D eigenvalue weighted by molar-refractivity contribution is 0.0861. The maximum Gasteiger partial charge on any atom is 0.231 e. The third-order valence-electron chi connectivity index (χ3n) is 5.49. The number of aromatic nitrogens is 1. The summed E-state index contributed by atoms with van der Waals surface area (Å²) in [6.45, 7) is 1.92. The minimum Gasteiger partial charge on any atom is -0.478 e. The number of allylic oxidation sites excluding steroid dienone is 1. The van der Waals surface area contributed by atoms with E-state index in [4.69, 9.17) is 18.9 Å². The largest absolute Gasteiger partial charge is 0.478 e. The van der Waals surface area contributed by atoms with Crippen LogP contribution in [0.1, 0.15) is 27.2 Å². The molecule has 31 heavy (non-hydrogen) atoms. The van der Waals surface area contributed by atoms with Crippen molar-refractivity contribution < 1.29 is 23.7 Å². The van der Waals surface area contributed by atoms with Gasteiger partial charge < -0.3 is 18.9 Å². The van der Waals surface area contributed by atoms with E-state index in [2.05, 4.69) is 9.88 Å². The standard InChI is InChI=1S/C24H18N2O5/c27-23-17-5-7-19-18(12-26(13-28-19)11-16-3-1-2-8-25-16)24(17)31-22(23)10-15-4-6-20-21(9-15)30-14-29-20/h1-10H,11-14H2. The fraction of sp³-hybridized carbons (Fsp3) is 0.167. The summed E-state index contributed by atoms with van der Waals surface area (Å²) >= 11 is 0. The topological polar surface area (TPSA) is 70.1 Å². The molecule has 0 aliphatic carbocycles. The molecule has 154 valence electrons. The summed E-state index contributed by atoms with van der Waals surface area (Å²) in [5, 5.41) is 0. The van der Waals surface area contributed by atoms with Crippen LogP contribution in [0.15, 0.2) is 60.5 Å². The number of ketones is 1. The lowest BCUT2D eigenvalue weighted by Crippen LogP contribution is -2.32. The quantitative estimate of drug-likeness (QED) is 0.604. The van der Waals surface area contributed by atoms with Crippen molar-refractivity contribution in [1.82, 2.24) is 9.88 Å². The summed E-state index contributed by atoms with van der Waals surface area (Å²) in [6, 6.07) is 15.0. The van der Waals surface area contributed by atoms with Gasteiger partial charge in [0.05, 0.1) is 16.8 Å². The minimum atomic E-state index is -0.141. The van der Waals surface area contributed by atoms with Crippen molar-refractivity contribution in [3.05, 3.63) is 82.9 Å². The van der Waals surface area contributed by atoms with Crippen molar-refractivity contribution in [2.24, 2.45) is 0 Å². The van der Waals surface area contributed by atoms with E-state index < -0.39 is 0 Å². The molecule has 0 saturated carbocycles. The normalized spacial score (nSPS) is 17.8. The lowest BCUT2D eigenvalue weighted by Gasteiger charge is -2.29. The molecule has 0 amide bonds. The molecule has 0 atom stereocenters. The predicted molar refractivity (Wildman–Crippen MR) is 111 cm³/mol. The van der Waals surface area contributed by atoms with E-state index in [1.54, 1.807) is 18.3 Å². The van der Waals surface area contributed by atoms with E-state index >= 15 is 0 Å². The highest BCUT2D eigenvalue weighted by Gasteiger charge is 2.33. The summed E-state index contributed by atoms with van der Waals surface area (Å²) < 4.78 is 22.8. The number of carbonyl (C=O) groups excluding carboxylic acids is 1. The first-order valence-electron chi connectivity index (χ1n) is 9.99. The van der Waals surface area contributed by atoms with Crippen molar-refractivity contribution in [3.63, 3.8) is 0 Å². The Kier molecular flexibility index (Phi) is 4.14. The molecular formula is C24H18N2O5. The van der Waals surface area contributed by atoms with Gasteiger partial charge in [0.1, 0.15) is 18.2 Å². The monoisotopic (exact) mass is 414 g/mol. The van der Waals surface area contributed by atoms with Gasteiger partial charge in [0.25, 0.3) is 0 Å². The summed E-state index contributed by atoms with van der Waals surface area (Å²) in [4.78, 5) is 19.5. The van der Waals surface area contributed by atoms with Gasteiger partial charge in [-0.3, -0.25) is 14.7 Å². The van der Waals surface area contributed by atoms with Crippen LogP contribution in [-0.4, -0.2) is 29.2 Å². The molecule has 7 nitrogen and oxygen atoms in total. The fourth-order valence-corrected chi connectivity index (χ4v) is 3.98. The van der Waals surface area contributed by atoms with Crippen LogP contribution >= 0.6 is 0 Å². The first kappa shape index (κ1) is 18.0. The Balaban J connectivity index is 1.29. The predicted octanol–water partition coefficient (Wildman–Crippen LogP) is 3.78. The Morgan fingerprint density at radius 2 is 1.90 bits per heavy atom. The van der Waals surface area contributed by atoms with Crippen LogP contribution in [0.3, 0.4) is 0 Å². The summed E-state index contributed by atoms with van der Waals surface area (Å²) in [5.74, 6) is 2.81. The molecular weight excluding hydrogens is 396 g/mol. The third kappa shape index (κ3) is 3.19. The van der Waals surface area contributed by atoms with Crippen LogP contribution in [0.5, 0.6) is 23.0 Å². The van der Waals surface area contributed by atoms with Gasteiger partial charge in [0.15, 0.2) is 17.3 Å². The van der Waals surface area contributed by atoms with Crippen LogP contribution in [0.25, 0.3) is 6.08 Å². The number of ether oxygens (including phenoxy) is 4. The van der Waals surface area contributed by atoms with Gasteiger partial charge in [-0.2, -0.15) is 0 Å². The molecule has 3 aliphatic rings. The van der Waals surface area contributed by atoms with Crippen molar-refractivity contribution in [2.45, 2.75) is 13.1 Å². The SMILES string of the molecule is O=C1C(=Cc2ccc3c(c2)OCO3)Oc2c1ccc1c2CN(Cc2ccccn2)CO1. The molecule has 0 spiro atoms. The van der Waals surface area contributed by atoms with E-state index in [-0.39, 0.29) is 18.3 Å². The highest BCUT2D eigenvalue weighted by Crippen LogP contribution is 2.42. The van der Waals surface area contributed by atoms with Crippen molar-refractivity contribution in [1.29, 1.82) is 0 Å². The first-order chi connectivity index (χ1) is 15.2. The number of nitrogens with zero attached hydrogens (tertiary/aromatic N) is 2. The number of fused-ring (bicyclic) bond motifs is 4. The van der Waals surface area contributed by atoms with E-state index in [0.717, 1.165) is 22.6 Å². The molecule has 0 radical (unpaired) electrons. The van der Waals surface area contributed by atoms with Crippen molar-refractivity contribution in [3.8, 4) is 23.0 Å². The number of carbonyl (C=O) groups is 1. The Morgan fingerprint density at radius 1 is 1.00 bits per heavy atom. The maximum atomic E-state index is 13.0. The summed E-state index contributed by atoms with van der Waals surface area (Å²) in [6.07, 6.45) is 3.51. The Hall–Kier alpha value is -3.84. The van der Waals surface area contributed by atoms with Crippen LogP contribution in [0.2, 0.25) is 0 Å². The fourth-order valence-electron chi connectivity index (χ4n) is 3.98. The van der Waals surface area contributed by atoms with E-state index in [1.165, 1.54) is 0 Å². The van der Waals surface area contributed by atoms with Gasteiger partial charge in [0, 0.05) is 19.3 Å². The molecule has 3 aromatic rings. The van der Waals surface area contributed by atoms with E-state index in [1.807, 2.05) is 42.5 Å². The molecule has 0 unspecified atom stereocenters. The zero-order valence-corrected chi connectivity index (χ0v) is 16.5. The molecule has 0 fully saturated rings. The Labute approximate surface area is 178 Å². The molecule has 3 aliphatic heterocycles. The van der Waals surface area contributed by atoms with Gasteiger partial charge in [-0.1, -0.05) is 12.1 Å². The second kappa shape index (κ2) is 7.14. The second-order valence-electron chi connectivity index (χ2n) is 7.55. The number of hydrogen-bond acceptors (Lipinski definition) is 7. The van der Waals surface area contributed by atoms with Crippen LogP contribution in [0, 0.1) is 0 Å². The first-order valence-corrected chi connectivity index (χ1v) is 9.99. The average Bonchev–Trinajstić information content (AvgIpc) is 3.39. The van der Waals surface area contributed by atoms with Crippen molar-refractivity contribution >= 4 is 11.9 Å². The van der Waals surface area contributed by atoms with E-state index in [9.17, 15) is 4.79 Å². The number of pyridine rings is 1. The van der Waals surface area contributed by atoms with E-state index in [0.29, 0.717) is 42.6 Å². The number of Topliss-reactive ketones (excluding diaryl/α,β-unsaturated/α-hetero) is 1. The molecule has 4 heterocycles. The van der Waals surface area contributed by atoms with Crippen molar-refractivity contribution in [2.75, 3.05) is 13.5 Å². The second-order valence-corrected chi connectivity index (χ2v) is 7.55. The number of hydrogen-bond donors (Lipinski definition) is 0.